The third-order valence-electron chi connectivity index (χ3n) is 5.02. The van der Waals surface area contributed by atoms with Gasteiger partial charge in [-0.05, 0) is 41.7 Å². The van der Waals surface area contributed by atoms with E-state index in [1.807, 2.05) is 35.4 Å². The highest BCUT2D eigenvalue weighted by atomic mass is 32.1. The van der Waals surface area contributed by atoms with Crippen LogP contribution in [-0.2, 0) is 0 Å². The molecule has 0 saturated carbocycles. The normalized spacial score (nSPS) is 15.7. The number of hydrogen-bond acceptors (Lipinski definition) is 5. The van der Waals surface area contributed by atoms with E-state index < -0.39 is 0 Å². The smallest absolute Gasteiger partial charge is 0.318 e. The molecule has 6 nitrogen and oxygen atoms in total. The number of benzene rings is 1. The number of fused-ring (bicyclic) bond motifs is 1. The summed E-state index contributed by atoms with van der Waals surface area (Å²) in [5, 5.41) is 4.34. The van der Waals surface area contributed by atoms with E-state index in [-0.39, 0.29) is 12.1 Å². The average molecular weight is 382 g/mol. The van der Waals surface area contributed by atoms with Gasteiger partial charge in [0.05, 0.1) is 10.7 Å². The molecule has 0 radical (unpaired) electrons. The lowest BCUT2D eigenvalue weighted by Crippen LogP contribution is -2.52. The van der Waals surface area contributed by atoms with E-state index in [9.17, 15) is 4.79 Å². The Kier molecular flexibility index (Phi) is 5.20. The highest BCUT2D eigenvalue weighted by Gasteiger charge is 2.25. The number of anilines is 1. The number of amides is 2. The van der Waals surface area contributed by atoms with Gasteiger partial charge < -0.3 is 15.1 Å². The van der Waals surface area contributed by atoms with Crippen molar-refractivity contribution in [2.45, 2.75) is 19.4 Å². The molecule has 3 heterocycles. The Bertz CT molecular complexity index is 905. The minimum atomic E-state index is -0.00767. The maximum Gasteiger partial charge on any atom is 0.318 e. The van der Waals surface area contributed by atoms with E-state index in [1.165, 1.54) is 21.6 Å². The van der Waals surface area contributed by atoms with Gasteiger partial charge in [0, 0.05) is 44.0 Å². The second-order valence-electron chi connectivity index (χ2n) is 6.67. The molecule has 2 aromatic heterocycles. The summed E-state index contributed by atoms with van der Waals surface area (Å²) in [5.74, 6) is 1.04. The fourth-order valence-corrected chi connectivity index (χ4v) is 4.26. The van der Waals surface area contributed by atoms with Gasteiger partial charge in [0.15, 0.2) is 0 Å². The highest BCUT2D eigenvalue weighted by Crippen LogP contribution is 2.29. The Hall–Kier alpha value is -2.67. The molecule has 1 saturated heterocycles. The van der Waals surface area contributed by atoms with Crippen LogP contribution in [0.3, 0.4) is 0 Å². The molecule has 0 aliphatic carbocycles. The topological polar surface area (TPSA) is 61.4 Å². The lowest BCUT2D eigenvalue weighted by Gasteiger charge is -2.35. The van der Waals surface area contributed by atoms with Crippen molar-refractivity contribution in [3.05, 3.63) is 54.4 Å². The van der Waals surface area contributed by atoms with Gasteiger partial charge in [-0.1, -0.05) is 25.1 Å². The molecular weight excluding hydrogens is 358 g/mol. The summed E-state index contributed by atoms with van der Waals surface area (Å²) in [4.78, 5) is 21.0. The number of carbonyl (C=O) groups is 1. The molecule has 1 fully saturated rings. The Morgan fingerprint density at radius 3 is 2.74 bits per heavy atom. The molecular formula is C20H23N5OS. The molecule has 2 amide bonds. The molecule has 3 aromatic rings. The number of piperazine rings is 1. The predicted octanol–water partition coefficient (Wildman–Crippen LogP) is 3.67. The van der Waals surface area contributed by atoms with Crippen LogP contribution in [0.25, 0.3) is 10.1 Å². The molecule has 1 atom stereocenters. The minimum absolute atomic E-state index is 0.00603. The van der Waals surface area contributed by atoms with Gasteiger partial charge in [0.25, 0.3) is 0 Å². The Morgan fingerprint density at radius 2 is 2.00 bits per heavy atom. The maximum absolute atomic E-state index is 12.7. The fourth-order valence-electron chi connectivity index (χ4n) is 3.47. The van der Waals surface area contributed by atoms with E-state index in [4.69, 9.17) is 0 Å². The largest absolute Gasteiger partial charge is 0.352 e. The first-order valence-electron chi connectivity index (χ1n) is 9.31. The van der Waals surface area contributed by atoms with Crippen molar-refractivity contribution in [2.75, 3.05) is 31.1 Å². The number of urea groups is 1. The van der Waals surface area contributed by atoms with Crippen LogP contribution < -0.4 is 10.2 Å². The molecule has 1 aliphatic heterocycles. The van der Waals surface area contributed by atoms with Gasteiger partial charge in [-0.25, -0.2) is 4.79 Å². The first-order valence-corrected chi connectivity index (χ1v) is 10.1. The quantitative estimate of drug-likeness (QED) is 0.749. The summed E-state index contributed by atoms with van der Waals surface area (Å²) in [6, 6.07) is 12.2. The first kappa shape index (κ1) is 17.7. The third kappa shape index (κ3) is 3.73. The minimum Gasteiger partial charge on any atom is -0.352 e. The number of carbonyl (C=O) groups excluding carboxylic acids is 1. The van der Waals surface area contributed by atoms with E-state index in [1.54, 1.807) is 6.20 Å². The number of nitrogens with zero attached hydrogens (tertiary/aromatic N) is 4. The Labute approximate surface area is 163 Å². The standard InChI is InChI=1S/C20H23N5OS/c1-2-17(15-6-5-9-21-14-15)22-20(26)25-12-10-24(11-13-25)19-16-7-3-4-8-18(16)27-23-19/h3-9,14,17H,2,10-13H2,1H3,(H,22,26)/t17-/m0/s1. The molecule has 1 aliphatic rings. The number of rotatable bonds is 4. The van der Waals surface area contributed by atoms with E-state index >= 15 is 0 Å². The lowest BCUT2D eigenvalue weighted by molar-refractivity contribution is 0.190. The molecule has 7 heteroatoms. The van der Waals surface area contributed by atoms with E-state index in [0.29, 0.717) is 13.1 Å². The van der Waals surface area contributed by atoms with Gasteiger partial charge in [-0.3, -0.25) is 4.98 Å². The van der Waals surface area contributed by atoms with Crippen LogP contribution in [0.4, 0.5) is 10.6 Å². The molecule has 0 spiro atoms. The van der Waals surface area contributed by atoms with Gasteiger partial charge >= 0.3 is 6.03 Å². The molecule has 27 heavy (non-hydrogen) atoms. The van der Waals surface area contributed by atoms with Crippen molar-refractivity contribution in [1.29, 1.82) is 0 Å². The fraction of sp³-hybridized carbons (Fsp3) is 0.350. The molecule has 1 N–H and O–H groups in total. The number of pyridine rings is 1. The first-order chi connectivity index (χ1) is 13.3. The second-order valence-corrected chi connectivity index (χ2v) is 7.48. The van der Waals surface area contributed by atoms with Crippen LogP contribution >= 0.6 is 11.5 Å². The number of nitrogens with one attached hydrogen (secondary N) is 1. The van der Waals surface area contributed by atoms with Gasteiger partial charge in [-0.2, -0.15) is 4.37 Å². The summed E-state index contributed by atoms with van der Waals surface area (Å²) in [7, 11) is 0. The van der Waals surface area contributed by atoms with Crippen LogP contribution in [0, 0.1) is 0 Å². The van der Waals surface area contributed by atoms with Gasteiger partial charge in [-0.15, -0.1) is 0 Å². The van der Waals surface area contributed by atoms with Crippen molar-refractivity contribution in [3.63, 3.8) is 0 Å². The monoisotopic (exact) mass is 381 g/mol. The van der Waals surface area contributed by atoms with Crippen molar-refractivity contribution >= 4 is 33.5 Å². The zero-order valence-corrected chi connectivity index (χ0v) is 16.2. The average Bonchev–Trinajstić information content (AvgIpc) is 3.17. The molecule has 140 valence electrons. The summed E-state index contributed by atoms with van der Waals surface area (Å²) in [5.41, 5.74) is 1.04. The molecule has 1 aromatic carbocycles. The van der Waals surface area contributed by atoms with Crippen molar-refractivity contribution < 1.29 is 4.79 Å². The predicted molar refractivity (Wildman–Crippen MR) is 109 cm³/mol. The van der Waals surface area contributed by atoms with Crippen LogP contribution in [0.1, 0.15) is 24.9 Å². The second kappa shape index (κ2) is 7.92. The van der Waals surface area contributed by atoms with E-state index in [2.05, 4.69) is 38.6 Å². The molecule has 4 rings (SSSR count). The lowest BCUT2D eigenvalue weighted by atomic mass is 10.1. The molecule has 0 bridgehead atoms. The summed E-state index contributed by atoms with van der Waals surface area (Å²) in [6.45, 7) is 5.06. The van der Waals surface area contributed by atoms with Crippen LogP contribution in [0.2, 0.25) is 0 Å². The molecule has 0 unspecified atom stereocenters. The van der Waals surface area contributed by atoms with Crippen molar-refractivity contribution in [1.82, 2.24) is 19.6 Å². The zero-order valence-electron chi connectivity index (χ0n) is 15.3. The van der Waals surface area contributed by atoms with Crippen molar-refractivity contribution in [2.24, 2.45) is 0 Å². The number of hydrogen-bond donors (Lipinski definition) is 1. The Morgan fingerprint density at radius 1 is 1.19 bits per heavy atom. The third-order valence-corrected chi connectivity index (χ3v) is 5.83. The van der Waals surface area contributed by atoms with E-state index in [0.717, 1.165) is 30.9 Å². The van der Waals surface area contributed by atoms with Crippen molar-refractivity contribution in [3.8, 4) is 0 Å². The highest BCUT2D eigenvalue weighted by molar-refractivity contribution is 7.13. The summed E-state index contributed by atoms with van der Waals surface area (Å²) in [6.07, 6.45) is 4.40. The zero-order chi connectivity index (χ0) is 18.6. The van der Waals surface area contributed by atoms with Crippen LogP contribution in [0.15, 0.2) is 48.8 Å². The summed E-state index contributed by atoms with van der Waals surface area (Å²) >= 11 is 1.53. The van der Waals surface area contributed by atoms with Gasteiger partial charge in [0.1, 0.15) is 5.82 Å². The number of aromatic nitrogens is 2. The van der Waals surface area contributed by atoms with Crippen LogP contribution in [-0.4, -0.2) is 46.5 Å². The summed E-state index contributed by atoms with van der Waals surface area (Å²) < 4.78 is 5.84. The van der Waals surface area contributed by atoms with Crippen LogP contribution in [0.5, 0.6) is 0 Å². The maximum atomic E-state index is 12.7. The SMILES string of the molecule is CC[C@H](NC(=O)N1CCN(c2nsc3ccccc23)CC1)c1cccnc1. The van der Waals surface area contributed by atoms with Gasteiger partial charge in [0.2, 0.25) is 0 Å². The Balaban J connectivity index is 1.38.